The van der Waals surface area contributed by atoms with Gasteiger partial charge in [0.15, 0.2) is 0 Å². The van der Waals surface area contributed by atoms with E-state index >= 15 is 0 Å². The molecule has 1 atom stereocenters. The lowest BCUT2D eigenvalue weighted by molar-refractivity contribution is 0.170. The average molecular weight is 328 g/mol. The fourth-order valence-corrected chi connectivity index (χ4v) is 2.40. The third-order valence-corrected chi connectivity index (χ3v) is 3.69. The minimum atomic E-state index is -0.618. The topological polar surface area (TPSA) is 70.6 Å². The van der Waals surface area contributed by atoms with E-state index < -0.39 is 6.10 Å². The van der Waals surface area contributed by atoms with Crippen molar-refractivity contribution in [3.05, 3.63) is 65.2 Å². The monoisotopic (exact) mass is 328 g/mol. The summed E-state index contributed by atoms with van der Waals surface area (Å²) in [6, 6.07) is 15.2. The predicted molar refractivity (Wildman–Crippen MR) is 94.1 cm³/mol. The lowest BCUT2D eigenvalue weighted by Gasteiger charge is -2.14. The summed E-state index contributed by atoms with van der Waals surface area (Å²) in [5.74, 6) is 0.749. The summed E-state index contributed by atoms with van der Waals surface area (Å²) >= 11 is 0. The molecule has 0 aliphatic heterocycles. The Morgan fingerprint density at radius 2 is 1.92 bits per heavy atom. The van der Waals surface area contributed by atoms with Gasteiger partial charge in [0.2, 0.25) is 0 Å². The molecule has 2 aromatic rings. The summed E-state index contributed by atoms with van der Waals surface area (Å²) in [6.07, 6.45) is -0.112. The minimum Gasteiger partial charge on any atom is -0.496 e. The molecule has 24 heavy (non-hydrogen) atoms. The third-order valence-electron chi connectivity index (χ3n) is 3.69. The van der Waals surface area contributed by atoms with Gasteiger partial charge in [0.05, 0.1) is 13.2 Å². The zero-order valence-electron chi connectivity index (χ0n) is 14.1. The van der Waals surface area contributed by atoms with E-state index in [9.17, 15) is 9.90 Å². The normalized spacial score (nSPS) is 11.6. The lowest BCUT2D eigenvalue weighted by atomic mass is 10.1. The Balaban J connectivity index is 1.75. The highest BCUT2D eigenvalue weighted by Crippen LogP contribution is 2.19. The molecule has 0 saturated heterocycles. The SMILES string of the molecule is COc1cc(C)ccc1CNC(=O)NCC(O)Cc1ccccc1. The number of ether oxygens (including phenoxy) is 1. The van der Waals surface area contributed by atoms with Crippen molar-refractivity contribution in [1.29, 1.82) is 0 Å². The number of hydrogen-bond acceptors (Lipinski definition) is 3. The van der Waals surface area contributed by atoms with Crippen LogP contribution >= 0.6 is 0 Å². The van der Waals surface area contributed by atoms with Gasteiger partial charge in [0.1, 0.15) is 5.75 Å². The Bertz CT molecular complexity index is 659. The second-order valence-corrected chi connectivity index (χ2v) is 5.72. The molecule has 1 unspecified atom stereocenters. The maximum absolute atomic E-state index is 11.9. The van der Waals surface area contributed by atoms with E-state index in [0.717, 1.165) is 22.4 Å². The largest absolute Gasteiger partial charge is 0.496 e. The highest BCUT2D eigenvalue weighted by molar-refractivity contribution is 5.73. The average Bonchev–Trinajstić information content (AvgIpc) is 2.59. The highest BCUT2D eigenvalue weighted by Gasteiger charge is 2.09. The van der Waals surface area contributed by atoms with Gasteiger partial charge in [-0.05, 0) is 24.1 Å². The van der Waals surface area contributed by atoms with Crippen molar-refractivity contribution < 1.29 is 14.6 Å². The number of rotatable bonds is 7. The second kappa shape index (κ2) is 8.93. The van der Waals surface area contributed by atoms with Crippen molar-refractivity contribution in [2.45, 2.75) is 26.0 Å². The van der Waals surface area contributed by atoms with E-state index in [2.05, 4.69) is 10.6 Å². The van der Waals surface area contributed by atoms with Crippen LogP contribution in [0.15, 0.2) is 48.5 Å². The number of carbonyl (C=O) groups excluding carboxylic acids is 1. The van der Waals surface area contributed by atoms with Gasteiger partial charge in [-0.2, -0.15) is 0 Å². The molecule has 0 spiro atoms. The Morgan fingerprint density at radius 1 is 1.17 bits per heavy atom. The minimum absolute atomic E-state index is 0.200. The van der Waals surface area contributed by atoms with Crippen LogP contribution < -0.4 is 15.4 Å². The summed E-state index contributed by atoms with van der Waals surface area (Å²) in [5, 5.41) is 15.4. The van der Waals surface area contributed by atoms with Crippen LogP contribution in [0.5, 0.6) is 5.75 Å². The number of carbonyl (C=O) groups is 1. The molecule has 0 heterocycles. The molecule has 0 fully saturated rings. The first kappa shape index (κ1) is 17.8. The van der Waals surface area contributed by atoms with E-state index in [-0.39, 0.29) is 12.6 Å². The van der Waals surface area contributed by atoms with Crippen LogP contribution in [0.1, 0.15) is 16.7 Å². The number of urea groups is 1. The zero-order chi connectivity index (χ0) is 17.4. The zero-order valence-corrected chi connectivity index (χ0v) is 14.1. The van der Waals surface area contributed by atoms with Gasteiger partial charge in [-0.1, -0.05) is 42.5 Å². The molecule has 2 rings (SSSR count). The van der Waals surface area contributed by atoms with Gasteiger partial charge in [0, 0.05) is 25.1 Å². The number of aryl methyl sites for hydroxylation is 1. The first-order chi connectivity index (χ1) is 11.6. The van der Waals surface area contributed by atoms with Crippen LogP contribution in [0.2, 0.25) is 0 Å². The summed E-state index contributed by atoms with van der Waals surface area (Å²) in [7, 11) is 1.61. The van der Waals surface area contributed by atoms with Gasteiger partial charge in [-0.15, -0.1) is 0 Å². The smallest absolute Gasteiger partial charge is 0.315 e. The van der Waals surface area contributed by atoms with Gasteiger partial charge in [0.25, 0.3) is 0 Å². The number of hydrogen-bond donors (Lipinski definition) is 3. The number of amides is 2. The molecule has 0 aliphatic rings. The van der Waals surface area contributed by atoms with E-state index in [0.29, 0.717) is 13.0 Å². The van der Waals surface area contributed by atoms with Gasteiger partial charge in [-0.3, -0.25) is 0 Å². The fraction of sp³-hybridized carbons (Fsp3) is 0.316. The summed E-state index contributed by atoms with van der Waals surface area (Å²) in [6.45, 7) is 2.55. The number of aliphatic hydroxyl groups is 1. The van der Waals surface area contributed by atoms with Crippen molar-refractivity contribution >= 4 is 6.03 Å². The number of methoxy groups -OCH3 is 1. The Hall–Kier alpha value is -2.53. The standard InChI is InChI=1S/C19H24N2O3/c1-14-8-9-16(18(10-14)24-2)12-20-19(23)21-13-17(22)11-15-6-4-3-5-7-15/h3-10,17,22H,11-13H2,1-2H3,(H2,20,21,23). The van der Waals surface area contributed by atoms with Crippen LogP contribution in [-0.2, 0) is 13.0 Å². The van der Waals surface area contributed by atoms with Gasteiger partial charge >= 0.3 is 6.03 Å². The summed E-state index contributed by atoms with van der Waals surface area (Å²) in [4.78, 5) is 11.9. The molecule has 0 saturated carbocycles. The van der Waals surface area contributed by atoms with Crippen molar-refractivity contribution in [1.82, 2.24) is 10.6 Å². The summed E-state index contributed by atoms with van der Waals surface area (Å²) in [5.41, 5.74) is 3.05. The van der Waals surface area contributed by atoms with Crippen molar-refractivity contribution in [2.24, 2.45) is 0 Å². The number of nitrogens with one attached hydrogen (secondary N) is 2. The fourth-order valence-electron chi connectivity index (χ4n) is 2.40. The Kier molecular flexibility index (Phi) is 6.63. The molecule has 128 valence electrons. The van der Waals surface area contributed by atoms with Crippen molar-refractivity contribution in [3.63, 3.8) is 0 Å². The first-order valence-electron chi connectivity index (χ1n) is 7.95. The molecular formula is C19H24N2O3. The second-order valence-electron chi connectivity index (χ2n) is 5.72. The van der Waals surface area contributed by atoms with Crippen molar-refractivity contribution in [3.8, 4) is 5.75 Å². The molecular weight excluding hydrogens is 304 g/mol. The van der Waals surface area contributed by atoms with Crippen LogP contribution in [0.4, 0.5) is 4.79 Å². The van der Waals surface area contributed by atoms with Gasteiger partial charge < -0.3 is 20.5 Å². The lowest BCUT2D eigenvalue weighted by Crippen LogP contribution is -2.40. The number of benzene rings is 2. The molecule has 0 bridgehead atoms. The maximum atomic E-state index is 11.9. The van der Waals surface area contributed by atoms with E-state index in [1.54, 1.807) is 7.11 Å². The Morgan fingerprint density at radius 3 is 2.62 bits per heavy atom. The molecule has 2 aromatic carbocycles. The van der Waals surface area contributed by atoms with Crippen molar-refractivity contribution in [2.75, 3.05) is 13.7 Å². The molecule has 0 aliphatic carbocycles. The molecule has 5 heteroatoms. The van der Waals surface area contributed by atoms with Crippen LogP contribution in [0.3, 0.4) is 0 Å². The van der Waals surface area contributed by atoms with E-state index in [1.165, 1.54) is 0 Å². The molecule has 0 aromatic heterocycles. The van der Waals surface area contributed by atoms with Crippen LogP contribution in [-0.4, -0.2) is 30.9 Å². The summed E-state index contributed by atoms with van der Waals surface area (Å²) < 4.78 is 5.31. The third kappa shape index (κ3) is 5.59. The predicted octanol–water partition coefficient (Wildman–Crippen LogP) is 2.41. The van der Waals surface area contributed by atoms with Gasteiger partial charge in [-0.25, -0.2) is 4.79 Å². The van der Waals surface area contributed by atoms with Crippen LogP contribution in [0, 0.1) is 6.92 Å². The molecule has 3 N–H and O–H groups in total. The van der Waals surface area contributed by atoms with Crippen LogP contribution in [0.25, 0.3) is 0 Å². The van der Waals surface area contributed by atoms with E-state index in [1.807, 2.05) is 55.5 Å². The first-order valence-corrected chi connectivity index (χ1v) is 7.95. The molecule has 2 amide bonds. The maximum Gasteiger partial charge on any atom is 0.315 e. The molecule has 0 radical (unpaired) electrons. The quantitative estimate of drug-likeness (QED) is 0.731. The van der Waals surface area contributed by atoms with E-state index in [4.69, 9.17) is 4.74 Å². The Labute approximate surface area is 142 Å². The number of aliphatic hydroxyl groups excluding tert-OH is 1. The molecule has 5 nitrogen and oxygen atoms in total. The highest BCUT2D eigenvalue weighted by atomic mass is 16.5.